The lowest BCUT2D eigenvalue weighted by Crippen LogP contribution is -2.41. The van der Waals surface area contributed by atoms with E-state index in [2.05, 4.69) is 19.2 Å². The highest BCUT2D eigenvalue weighted by atomic mass is 32.2. The van der Waals surface area contributed by atoms with Gasteiger partial charge in [-0.1, -0.05) is 13.8 Å². The van der Waals surface area contributed by atoms with Gasteiger partial charge in [0.15, 0.2) is 9.84 Å². The van der Waals surface area contributed by atoms with Crippen LogP contribution in [0.25, 0.3) is 0 Å². The van der Waals surface area contributed by atoms with Crippen LogP contribution in [-0.2, 0) is 14.6 Å². The molecule has 1 fully saturated rings. The topological polar surface area (TPSA) is 55.4 Å². The zero-order chi connectivity index (χ0) is 12.7. The van der Waals surface area contributed by atoms with E-state index < -0.39 is 9.84 Å². The third kappa shape index (κ3) is 7.01. The lowest BCUT2D eigenvalue weighted by Gasteiger charge is -2.23. The molecule has 1 heterocycles. The summed E-state index contributed by atoms with van der Waals surface area (Å²) >= 11 is 0. The molecule has 0 bridgehead atoms. The van der Waals surface area contributed by atoms with Gasteiger partial charge in [0.25, 0.3) is 0 Å². The van der Waals surface area contributed by atoms with E-state index in [9.17, 15) is 8.42 Å². The number of sulfone groups is 1. The summed E-state index contributed by atoms with van der Waals surface area (Å²) < 4.78 is 28.3. The van der Waals surface area contributed by atoms with Crippen LogP contribution in [0.4, 0.5) is 0 Å². The number of hydrogen-bond acceptors (Lipinski definition) is 4. The maximum Gasteiger partial charge on any atom is 0.151 e. The van der Waals surface area contributed by atoms with Gasteiger partial charge < -0.3 is 10.1 Å². The molecule has 0 aromatic rings. The average Bonchev–Trinajstić information content (AvgIpc) is 2.21. The van der Waals surface area contributed by atoms with E-state index in [0.29, 0.717) is 24.0 Å². The lowest BCUT2D eigenvalue weighted by molar-refractivity contribution is 0.123. The molecule has 0 saturated carbocycles. The second-order valence-electron chi connectivity index (χ2n) is 5.20. The molecule has 5 heteroatoms. The van der Waals surface area contributed by atoms with Gasteiger partial charge in [-0.3, -0.25) is 0 Å². The van der Waals surface area contributed by atoms with Gasteiger partial charge in [0.2, 0.25) is 0 Å². The SMILES string of the molecule is CC(C)CCOCCNC1CCCS(=O)(=O)C1. The van der Waals surface area contributed by atoms with Crippen LogP contribution in [0.1, 0.15) is 33.1 Å². The van der Waals surface area contributed by atoms with Gasteiger partial charge in [-0.15, -0.1) is 0 Å². The van der Waals surface area contributed by atoms with Crippen LogP contribution in [0.5, 0.6) is 0 Å². The van der Waals surface area contributed by atoms with Crippen molar-refractivity contribution in [3.63, 3.8) is 0 Å². The molecule has 1 atom stereocenters. The molecule has 0 aromatic carbocycles. The number of nitrogens with one attached hydrogen (secondary N) is 1. The molecule has 0 spiro atoms. The van der Waals surface area contributed by atoms with Crippen molar-refractivity contribution in [2.75, 3.05) is 31.3 Å². The Bertz CT molecular complexity index is 301. The van der Waals surface area contributed by atoms with Crippen molar-refractivity contribution >= 4 is 9.84 Å². The van der Waals surface area contributed by atoms with E-state index in [1.54, 1.807) is 0 Å². The van der Waals surface area contributed by atoms with E-state index in [1.807, 2.05) is 0 Å². The maximum absolute atomic E-state index is 11.4. The number of hydrogen-bond donors (Lipinski definition) is 1. The Labute approximate surface area is 105 Å². The third-order valence-electron chi connectivity index (χ3n) is 2.98. The van der Waals surface area contributed by atoms with E-state index in [4.69, 9.17) is 4.74 Å². The van der Waals surface area contributed by atoms with E-state index in [-0.39, 0.29) is 6.04 Å². The second-order valence-corrected chi connectivity index (χ2v) is 7.43. The van der Waals surface area contributed by atoms with E-state index in [0.717, 1.165) is 32.4 Å². The predicted octanol–water partition coefficient (Wildman–Crippen LogP) is 1.22. The summed E-state index contributed by atoms with van der Waals surface area (Å²) in [5.41, 5.74) is 0. The first-order valence-corrected chi connectivity index (χ1v) is 8.33. The number of rotatable bonds is 7. The van der Waals surface area contributed by atoms with Gasteiger partial charge in [-0.2, -0.15) is 0 Å². The third-order valence-corrected chi connectivity index (χ3v) is 4.80. The fourth-order valence-electron chi connectivity index (χ4n) is 1.94. The highest BCUT2D eigenvalue weighted by molar-refractivity contribution is 7.91. The minimum absolute atomic E-state index is 0.127. The van der Waals surface area contributed by atoms with Crippen LogP contribution in [0, 0.1) is 5.92 Å². The van der Waals surface area contributed by atoms with Crippen LogP contribution in [0.15, 0.2) is 0 Å². The first kappa shape index (κ1) is 14.9. The molecule has 1 saturated heterocycles. The van der Waals surface area contributed by atoms with Crippen molar-refractivity contribution in [3.8, 4) is 0 Å². The molecule has 0 amide bonds. The molecule has 0 aliphatic carbocycles. The lowest BCUT2D eigenvalue weighted by atomic mass is 10.1. The van der Waals surface area contributed by atoms with Crippen LogP contribution in [-0.4, -0.2) is 45.7 Å². The van der Waals surface area contributed by atoms with Crippen LogP contribution >= 0.6 is 0 Å². The van der Waals surface area contributed by atoms with Crippen LogP contribution in [0.2, 0.25) is 0 Å². The highest BCUT2D eigenvalue weighted by Crippen LogP contribution is 2.11. The zero-order valence-electron chi connectivity index (χ0n) is 10.9. The van der Waals surface area contributed by atoms with Gasteiger partial charge in [0.1, 0.15) is 0 Å². The smallest absolute Gasteiger partial charge is 0.151 e. The van der Waals surface area contributed by atoms with Gasteiger partial charge in [-0.05, 0) is 25.2 Å². The quantitative estimate of drug-likeness (QED) is 0.702. The van der Waals surface area contributed by atoms with Gasteiger partial charge in [-0.25, -0.2) is 8.42 Å². The summed E-state index contributed by atoms with van der Waals surface area (Å²) in [6, 6.07) is 0.127. The summed E-state index contributed by atoms with van der Waals surface area (Å²) in [6.07, 6.45) is 2.83. The summed E-state index contributed by atoms with van der Waals surface area (Å²) in [6.45, 7) is 6.56. The Morgan fingerprint density at radius 2 is 2.12 bits per heavy atom. The molecule has 1 aliphatic rings. The van der Waals surface area contributed by atoms with Crippen molar-refractivity contribution < 1.29 is 13.2 Å². The average molecular weight is 263 g/mol. The van der Waals surface area contributed by atoms with Crippen molar-refractivity contribution in [3.05, 3.63) is 0 Å². The molecule has 4 nitrogen and oxygen atoms in total. The van der Waals surface area contributed by atoms with Gasteiger partial charge in [0.05, 0.1) is 18.1 Å². The van der Waals surface area contributed by atoms with E-state index >= 15 is 0 Å². The summed E-state index contributed by atoms with van der Waals surface area (Å²) in [4.78, 5) is 0. The number of ether oxygens (including phenoxy) is 1. The van der Waals surface area contributed by atoms with Gasteiger partial charge in [0, 0.05) is 19.2 Å². The van der Waals surface area contributed by atoms with Crippen molar-refractivity contribution in [1.29, 1.82) is 0 Å². The largest absolute Gasteiger partial charge is 0.380 e. The van der Waals surface area contributed by atoms with E-state index in [1.165, 1.54) is 0 Å². The monoisotopic (exact) mass is 263 g/mol. The Hall–Kier alpha value is -0.130. The molecular weight excluding hydrogens is 238 g/mol. The Kier molecular flexibility index (Phi) is 6.44. The highest BCUT2D eigenvalue weighted by Gasteiger charge is 2.23. The fourth-order valence-corrected chi connectivity index (χ4v) is 3.61. The molecular formula is C12H25NO3S. The minimum Gasteiger partial charge on any atom is -0.380 e. The molecule has 0 radical (unpaired) electrons. The molecule has 1 rings (SSSR count). The molecule has 0 aromatic heterocycles. The minimum atomic E-state index is -2.79. The predicted molar refractivity (Wildman–Crippen MR) is 70.0 cm³/mol. The normalized spacial score (nSPS) is 24.1. The fraction of sp³-hybridized carbons (Fsp3) is 1.00. The van der Waals surface area contributed by atoms with Crippen molar-refractivity contribution in [2.24, 2.45) is 5.92 Å². The Morgan fingerprint density at radius 3 is 2.76 bits per heavy atom. The molecule has 1 N–H and O–H groups in total. The Balaban J connectivity index is 2.03. The van der Waals surface area contributed by atoms with Gasteiger partial charge >= 0.3 is 0 Å². The van der Waals surface area contributed by atoms with Crippen molar-refractivity contribution in [1.82, 2.24) is 5.32 Å². The summed E-state index contributed by atoms with van der Waals surface area (Å²) in [5.74, 6) is 1.32. The molecule has 1 aliphatic heterocycles. The molecule has 17 heavy (non-hydrogen) atoms. The summed E-state index contributed by atoms with van der Waals surface area (Å²) in [5, 5.41) is 3.26. The van der Waals surface area contributed by atoms with Crippen molar-refractivity contribution in [2.45, 2.75) is 39.2 Å². The maximum atomic E-state index is 11.4. The van der Waals surface area contributed by atoms with Crippen LogP contribution in [0.3, 0.4) is 0 Å². The second kappa shape index (κ2) is 7.34. The first-order chi connectivity index (χ1) is 7.99. The standard InChI is InChI=1S/C12H25NO3S/c1-11(2)5-7-16-8-6-13-12-4-3-9-17(14,15)10-12/h11-13H,3-10H2,1-2H3. The summed E-state index contributed by atoms with van der Waals surface area (Å²) in [7, 11) is -2.79. The Morgan fingerprint density at radius 1 is 1.35 bits per heavy atom. The molecule has 1 unspecified atom stereocenters. The zero-order valence-corrected chi connectivity index (χ0v) is 11.8. The molecule has 102 valence electrons. The van der Waals surface area contributed by atoms with Crippen LogP contribution < -0.4 is 5.32 Å². The first-order valence-electron chi connectivity index (χ1n) is 6.51.